The fraction of sp³-hybridized carbons (Fsp3) is 0.857. The van der Waals surface area contributed by atoms with Crippen molar-refractivity contribution in [2.24, 2.45) is 5.92 Å². The van der Waals surface area contributed by atoms with Crippen LogP contribution in [0.1, 0.15) is 56.0 Å². The Morgan fingerprint density at radius 3 is 2.95 bits per heavy atom. The molecule has 3 aliphatic rings. The maximum Gasteiger partial charge on any atom is 0.243 e. The van der Waals surface area contributed by atoms with Crippen LogP contribution in [0.3, 0.4) is 0 Å². The van der Waals surface area contributed by atoms with Crippen molar-refractivity contribution in [1.29, 1.82) is 0 Å². The van der Waals surface area contributed by atoms with E-state index in [2.05, 4.69) is 15.5 Å². The third kappa shape index (κ3) is 2.36. The van der Waals surface area contributed by atoms with Gasteiger partial charge in [-0.25, -0.2) is 0 Å². The Balaban J connectivity index is 1.45. The highest BCUT2D eigenvalue weighted by Gasteiger charge is 2.38. The standard InChI is InChI=1S/C14H21N3O3/c1-2-4-10-9(3-1)7-11(15-10)14-16-13(17-20-14)12-8-18-5-6-19-12/h9-12,15H,1-8H2. The van der Waals surface area contributed by atoms with E-state index >= 15 is 0 Å². The summed E-state index contributed by atoms with van der Waals surface area (Å²) in [5, 5.41) is 7.73. The van der Waals surface area contributed by atoms with Crippen molar-refractivity contribution in [3.8, 4) is 0 Å². The van der Waals surface area contributed by atoms with Gasteiger partial charge < -0.3 is 19.3 Å². The lowest BCUT2D eigenvalue weighted by atomic mass is 9.85. The minimum Gasteiger partial charge on any atom is -0.376 e. The molecule has 0 spiro atoms. The van der Waals surface area contributed by atoms with Crippen molar-refractivity contribution in [3.63, 3.8) is 0 Å². The highest BCUT2D eigenvalue weighted by Crippen LogP contribution is 2.38. The summed E-state index contributed by atoms with van der Waals surface area (Å²) in [6.45, 7) is 1.76. The van der Waals surface area contributed by atoms with Gasteiger partial charge in [-0.1, -0.05) is 18.0 Å². The fourth-order valence-corrected chi connectivity index (χ4v) is 3.67. The van der Waals surface area contributed by atoms with E-state index in [1.165, 1.54) is 25.7 Å². The molecule has 1 aliphatic carbocycles. The molecule has 110 valence electrons. The Hall–Kier alpha value is -0.980. The van der Waals surface area contributed by atoms with Gasteiger partial charge >= 0.3 is 0 Å². The third-order valence-electron chi connectivity index (χ3n) is 4.72. The van der Waals surface area contributed by atoms with E-state index in [0.29, 0.717) is 37.6 Å². The molecular weight excluding hydrogens is 258 g/mol. The van der Waals surface area contributed by atoms with E-state index in [1.807, 2.05) is 0 Å². The van der Waals surface area contributed by atoms with Crippen LogP contribution in [0.5, 0.6) is 0 Å². The molecule has 1 aromatic heterocycles. The molecule has 2 aliphatic heterocycles. The molecule has 6 heteroatoms. The number of ether oxygens (including phenoxy) is 2. The van der Waals surface area contributed by atoms with Gasteiger partial charge in [0.05, 0.1) is 25.9 Å². The van der Waals surface area contributed by atoms with Crippen LogP contribution in [0.15, 0.2) is 4.52 Å². The van der Waals surface area contributed by atoms with Gasteiger partial charge in [-0.05, 0) is 25.2 Å². The van der Waals surface area contributed by atoms with Gasteiger partial charge in [0.25, 0.3) is 0 Å². The summed E-state index contributed by atoms with van der Waals surface area (Å²) in [5.41, 5.74) is 0. The molecular formula is C14H21N3O3. The minimum atomic E-state index is -0.176. The molecule has 0 radical (unpaired) electrons. The summed E-state index contributed by atoms with van der Waals surface area (Å²) in [4.78, 5) is 4.53. The second kappa shape index (κ2) is 5.42. The van der Waals surface area contributed by atoms with Crippen LogP contribution >= 0.6 is 0 Å². The zero-order chi connectivity index (χ0) is 13.4. The van der Waals surface area contributed by atoms with E-state index in [9.17, 15) is 0 Å². The Bertz CT molecular complexity index is 444. The predicted molar refractivity (Wildman–Crippen MR) is 70.0 cm³/mol. The molecule has 1 saturated carbocycles. The zero-order valence-electron chi connectivity index (χ0n) is 11.6. The molecule has 4 unspecified atom stereocenters. The second-order valence-electron chi connectivity index (χ2n) is 6.03. The van der Waals surface area contributed by atoms with Crippen molar-refractivity contribution in [1.82, 2.24) is 15.5 Å². The molecule has 3 fully saturated rings. The molecule has 4 rings (SSSR count). The van der Waals surface area contributed by atoms with Crippen LogP contribution in [0.4, 0.5) is 0 Å². The van der Waals surface area contributed by atoms with Crippen molar-refractivity contribution in [3.05, 3.63) is 11.7 Å². The first kappa shape index (κ1) is 12.7. The Labute approximate surface area is 118 Å². The Morgan fingerprint density at radius 1 is 1.15 bits per heavy atom. The molecule has 4 atom stereocenters. The molecule has 20 heavy (non-hydrogen) atoms. The molecule has 6 nitrogen and oxygen atoms in total. The average Bonchev–Trinajstić information content (AvgIpc) is 3.14. The number of hydrogen-bond donors (Lipinski definition) is 1. The monoisotopic (exact) mass is 279 g/mol. The van der Waals surface area contributed by atoms with E-state index in [1.54, 1.807) is 0 Å². The van der Waals surface area contributed by atoms with Gasteiger partial charge in [-0.3, -0.25) is 0 Å². The number of fused-ring (bicyclic) bond motifs is 1. The molecule has 1 aromatic rings. The van der Waals surface area contributed by atoms with Gasteiger partial charge in [0.2, 0.25) is 11.7 Å². The maximum absolute atomic E-state index is 5.60. The van der Waals surface area contributed by atoms with Crippen LogP contribution < -0.4 is 5.32 Å². The first-order chi connectivity index (χ1) is 9.90. The van der Waals surface area contributed by atoms with Crippen LogP contribution in [-0.4, -0.2) is 36.0 Å². The largest absolute Gasteiger partial charge is 0.376 e. The highest BCUT2D eigenvalue weighted by molar-refractivity contribution is 5.03. The Morgan fingerprint density at radius 2 is 2.10 bits per heavy atom. The van der Waals surface area contributed by atoms with Crippen molar-refractivity contribution in [2.75, 3.05) is 19.8 Å². The number of rotatable bonds is 2. The molecule has 0 aromatic carbocycles. The van der Waals surface area contributed by atoms with Crippen LogP contribution in [0, 0.1) is 5.92 Å². The van der Waals surface area contributed by atoms with Crippen molar-refractivity contribution in [2.45, 2.75) is 50.3 Å². The summed E-state index contributed by atoms with van der Waals surface area (Å²) in [7, 11) is 0. The Kier molecular flexibility index (Phi) is 3.45. The molecule has 0 bridgehead atoms. The molecule has 2 saturated heterocycles. The normalized spacial score (nSPS) is 37.8. The van der Waals surface area contributed by atoms with E-state index in [4.69, 9.17) is 14.0 Å². The van der Waals surface area contributed by atoms with Gasteiger partial charge in [0.15, 0.2) is 0 Å². The molecule has 3 heterocycles. The number of nitrogens with one attached hydrogen (secondary N) is 1. The van der Waals surface area contributed by atoms with E-state index in [0.717, 1.165) is 12.3 Å². The summed E-state index contributed by atoms with van der Waals surface area (Å²) >= 11 is 0. The second-order valence-corrected chi connectivity index (χ2v) is 6.03. The van der Waals surface area contributed by atoms with Crippen LogP contribution in [0.25, 0.3) is 0 Å². The van der Waals surface area contributed by atoms with Crippen LogP contribution in [0.2, 0.25) is 0 Å². The van der Waals surface area contributed by atoms with Gasteiger partial charge in [-0.15, -0.1) is 0 Å². The SMILES string of the molecule is C1CCC2NC(c3nc(C4COCCO4)no3)CC2C1. The van der Waals surface area contributed by atoms with Gasteiger partial charge in [0.1, 0.15) is 6.10 Å². The maximum atomic E-state index is 5.60. The number of aromatic nitrogens is 2. The first-order valence-corrected chi connectivity index (χ1v) is 7.69. The summed E-state index contributed by atoms with van der Waals surface area (Å²) in [6.07, 6.45) is 6.25. The first-order valence-electron chi connectivity index (χ1n) is 7.69. The summed E-state index contributed by atoms with van der Waals surface area (Å²) in [6, 6.07) is 0.854. The molecule has 0 amide bonds. The minimum absolute atomic E-state index is 0.176. The number of hydrogen-bond acceptors (Lipinski definition) is 6. The molecule has 1 N–H and O–H groups in total. The van der Waals surface area contributed by atoms with Gasteiger partial charge in [-0.2, -0.15) is 4.98 Å². The average molecular weight is 279 g/mol. The topological polar surface area (TPSA) is 69.4 Å². The predicted octanol–water partition coefficient (Wildman–Crippen LogP) is 1.75. The van der Waals surface area contributed by atoms with Gasteiger partial charge in [0, 0.05) is 6.04 Å². The lowest BCUT2D eigenvalue weighted by molar-refractivity contribution is -0.0941. The van der Waals surface area contributed by atoms with Crippen molar-refractivity contribution < 1.29 is 14.0 Å². The van der Waals surface area contributed by atoms with Crippen molar-refractivity contribution >= 4 is 0 Å². The van der Waals surface area contributed by atoms with E-state index in [-0.39, 0.29) is 12.1 Å². The van der Waals surface area contributed by atoms with Crippen LogP contribution in [-0.2, 0) is 9.47 Å². The fourth-order valence-electron chi connectivity index (χ4n) is 3.67. The third-order valence-corrected chi connectivity index (χ3v) is 4.72. The highest BCUT2D eigenvalue weighted by atomic mass is 16.6. The number of nitrogens with zero attached hydrogens (tertiary/aromatic N) is 2. The lowest BCUT2D eigenvalue weighted by Crippen LogP contribution is -2.30. The zero-order valence-corrected chi connectivity index (χ0v) is 11.6. The lowest BCUT2D eigenvalue weighted by Gasteiger charge is -2.24. The van der Waals surface area contributed by atoms with E-state index < -0.39 is 0 Å². The smallest absolute Gasteiger partial charge is 0.243 e. The quantitative estimate of drug-likeness (QED) is 0.889. The summed E-state index contributed by atoms with van der Waals surface area (Å²) in [5.74, 6) is 2.11. The summed E-state index contributed by atoms with van der Waals surface area (Å²) < 4.78 is 16.4.